The van der Waals surface area contributed by atoms with Crippen molar-refractivity contribution in [3.8, 4) is 11.9 Å². The van der Waals surface area contributed by atoms with Crippen LogP contribution < -0.4 is 10.5 Å². The van der Waals surface area contributed by atoms with E-state index in [0.717, 1.165) is 44.0 Å². The van der Waals surface area contributed by atoms with E-state index in [1.807, 2.05) is 13.0 Å². The summed E-state index contributed by atoms with van der Waals surface area (Å²) in [4.78, 5) is 10.1. The number of allylic oxidation sites excluding steroid dienone is 2. The molecule has 0 amide bonds. The summed E-state index contributed by atoms with van der Waals surface area (Å²) in [6.07, 6.45) is 1.68. The first-order valence-corrected chi connectivity index (χ1v) is 8.54. The lowest BCUT2D eigenvalue weighted by Crippen LogP contribution is -2.47. The molecule has 3 heterocycles. The normalized spacial score (nSPS) is 19.4. The number of aryl methyl sites for hydroxylation is 1. The fourth-order valence-electron chi connectivity index (χ4n) is 3.91. The molecule has 0 aliphatic carbocycles. The van der Waals surface area contributed by atoms with Gasteiger partial charge < -0.3 is 15.5 Å². The lowest BCUT2D eigenvalue weighted by molar-refractivity contribution is 0.158. The van der Waals surface area contributed by atoms with Gasteiger partial charge in [0.15, 0.2) is 0 Å². The van der Waals surface area contributed by atoms with Crippen LogP contribution in [0.3, 0.4) is 0 Å². The summed E-state index contributed by atoms with van der Waals surface area (Å²) < 4.78 is 5.60. The number of imidazole rings is 1. The Bertz CT molecular complexity index is 854. The number of nitrogens with one attached hydrogen (secondary N) is 1. The van der Waals surface area contributed by atoms with Crippen LogP contribution in [0.5, 0.6) is 5.88 Å². The molecule has 1 saturated heterocycles. The molecule has 25 heavy (non-hydrogen) atoms. The standard InChI is InChI=1S/C19H21N5O/c1-13-22-17-18(23-13)25-15(11-20)16(21)19(17)7-9-24(10-8-19)12-14-5-3-2-4-6-14/h2-6H,7-10,12,21H2,1H3,(H,22,23). The minimum Gasteiger partial charge on any atom is -0.424 e. The molecule has 0 atom stereocenters. The number of benzene rings is 1. The van der Waals surface area contributed by atoms with Gasteiger partial charge in [0.1, 0.15) is 11.9 Å². The van der Waals surface area contributed by atoms with E-state index in [9.17, 15) is 5.26 Å². The van der Waals surface area contributed by atoms with Gasteiger partial charge >= 0.3 is 0 Å². The van der Waals surface area contributed by atoms with E-state index in [2.05, 4.69) is 45.2 Å². The monoisotopic (exact) mass is 335 g/mol. The smallest absolute Gasteiger partial charge is 0.242 e. The molecule has 2 aliphatic heterocycles. The van der Waals surface area contributed by atoms with Gasteiger partial charge in [-0.3, -0.25) is 4.90 Å². The zero-order valence-corrected chi connectivity index (χ0v) is 14.2. The Labute approximate surface area is 146 Å². The summed E-state index contributed by atoms with van der Waals surface area (Å²) in [5, 5.41) is 9.39. The van der Waals surface area contributed by atoms with Crippen LogP contribution in [-0.4, -0.2) is 28.0 Å². The van der Waals surface area contributed by atoms with Gasteiger partial charge in [-0.15, -0.1) is 0 Å². The number of ether oxygens (including phenoxy) is 1. The molecule has 2 aliphatic rings. The van der Waals surface area contributed by atoms with Gasteiger partial charge in [-0.25, -0.2) is 0 Å². The van der Waals surface area contributed by atoms with Crippen LogP contribution in [0.1, 0.15) is 29.9 Å². The van der Waals surface area contributed by atoms with Gasteiger partial charge in [0.2, 0.25) is 11.6 Å². The first-order valence-electron chi connectivity index (χ1n) is 8.54. The predicted molar refractivity (Wildman–Crippen MR) is 93.4 cm³/mol. The van der Waals surface area contributed by atoms with Crippen molar-refractivity contribution in [2.75, 3.05) is 13.1 Å². The summed E-state index contributed by atoms with van der Waals surface area (Å²) in [5.74, 6) is 1.47. The van der Waals surface area contributed by atoms with E-state index < -0.39 is 0 Å². The third-order valence-electron chi connectivity index (χ3n) is 5.29. The molecule has 0 saturated carbocycles. The van der Waals surface area contributed by atoms with Crippen LogP contribution in [-0.2, 0) is 12.0 Å². The number of aromatic amines is 1. The van der Waals surface area contributed by atoms with E-state index >= 15 is 0 Å². The number of H-pyrrole nitrogens is 1. The third kappa shape index (κ3) is 2.57. The van der Waals surface area contributed by atoms with Crippen LogP contribution in [0.2, 0.25) is 0 Å². The molecular formula is C19H21N5O. The predicted octanol–water partition coefficient (Wildman–Crippen LogP) is 2.34. The lowest BCUT2D eigenvalue weighted by Gasteiger charge is -2.43. The molecule has 3 N–H and O–H groups in total. The number of nitrogens with zero attached hydrogens (tertiary/aromatic N) is 3. The second-order valence-corrected chi connectivity index (χ2v) is 6.80. The zero-order chi connectivity index (χ0) is 17.4. The number of likely N-dealkylation sites (tertiary alicyclic amines) is 1. The number of aromatic nitrogens is 2. The number of nitrogens with two attached hydrogens (primary N) is 1. The van der Waals surface area contributed by atoms with Crippen molar-refractivity contribution in [3.05, 3.63) is 58.9 Å². The van der Waals surface area contributed by atoms with Crippen molar-refractivity contribution in [3.63, 3.8) is 0 Å². The highest BCUT2D eigenvalue weighted by molar-refractivity contribution is 5.47. The van der Waals surface area contributed by atoms with Gasteiger partial charge in [0.25, 0.3) is 0 Å². The molecule has 0 unspecified atom stereocenters. The van der Waals surface area contributed by atoms with E-state index in [1.165, 1.54) is 5.56 Å². The number of rotatable bonds is 2. The molecule has 1 spiro atoms. The molecule has 6 heteroatoms. The number of hydrogen-bond acceptors (Lipinski definition) is 5. The topological polar surface area (TPSA) is 91.0 Å². The molecule has 4 rings (SSSR count). The average Bonchev–Trinajstić information content (AvgIpc) is 3.02. The van der Waals surface area contributed by atoms with Gasteiger partial charge in [-0.2, -0.15) is 10.2 Å². The van der Waals surface area contributed by atoms with Crippen LogP contribution in [0.25, 0.3) is 0 Å². The van der Waals surface area contributed by atoms with E-state index in [4.69, 9.17) is 10.5 Å². The van der Waals surface area contributed by atoms with Crippen molar-refractivity contribution in [1.29, 1.82) is 5.26 Å². The highest BCUT2D eigenvalue weighted by atomic mass is 16.5. The molecule has 1 fully saturated rings. The largest absolute Gasteiger partial charge is 0.424 e. The van der Waals surface area contributed by atoms with Crippen LogP contribution in [0, 0.1) is 18.3 Å². The van der Waals surface area contributed by atoms with Crippen molar-refractivity contribution >= 4 is 0 Å². The van der Waals surface area contributed by atoms with Crippen molar-refractivity contribution < 1.29 is 4.74 Å². The highest BCUT2D eigenvalue weighted by Crippen LogP contribution is 2.47. The third-order valence-corrected chi connectivity index (χ3v) is 5.29. The maximum atomic E-state index is 9.39. The Balaban J connectivity index is 1.60. The molecule has 128 valence electrons. The molecule has 6 nitrogen and oxygen atoms in total. The van der Waals surface area contributed by atoms with Gasteiger partial charge in [0.05, 0.1) is 16.8 Å². The maximum absolute atomic E-state index is 9.39. The summed E-state index contributed by atoms with van der Waals surface area (Å²) in [5.41, 5.74) is 8.77. The number of hydrogen-bond donors (Lipinski definition) is 2. The van der Waals surface area contributed by atoms with Crippen molar-refractivity contribution in [2.45, 2.75) is 31.7 Å². The van der Waals surface area contributed by atoms with Gasteiger partial charge in [-0.05, 0) is 38.4 Å². The molecule has 1 aromatic carbocycles. The summed E-state index contributed by atoms with van der Waals surface area (Å²) in [6, 6.07) is 12.6. The molecule has 1 aromatic heterocycles. The Morgan fingerprint density at radius 3 is 2.72 bits per heavy atom. The number of fused-ring (bicyclic) bond motifs is 2. The van der Waals surface area contributed by atoms with Crippen molar-refractivity contribution in [1.82, 2.24) is 14.9 Å². The fourth-order valence-corrected chi connectivity index (χ4v) is 3.91. The van der Waals surface area contributed by atoms with Gasteiger partial charge in [0, 0.05) is 6.54 Å². The molecule has 0 radical (unpaired) electrons. The molecule has 2 aromatic rings. The number of piperidine rings is 1. The first-order chi connectivity index (χ1) is 12.1. The molecule has 0 bridgehead atoms. The quantitative estimate of drug-likeness (QED) is 0.879. The fraction of sp³-hybridized carbons (Fsp3) is 0.368. The summed E-state index contributed by atoms with van der Waals surface area (Å²) >= 11 is 0. The van der Waals surface area contributed by atoms with Crippen LogP contribution in [0.4, 0.5) is 0 Å². The van der Waals surface area contributed by atoms with Crippen molar-refractivity contribution in [2.24, 2.45) is 5.73 Å². The van der Waals surface area contributed by atoms with E-state index in [-0.39, 0.29) is 11.2 Å². The highest BCUT2D eigenvalue weighted by Gasteiger charge is 2.47. The first kappa shape index (κ1) is 15.7. The van der Waals surface area contributed by atoms with Gasteiger partial charge in [-0.1, -0.05) is 30.3 Å². The second kappa shape index (κ2) is 5.94. The lowest BCUT2D eigenvalue weighted by atomic mass is 9.72. The molecular weight excluding hydrogens is 314 g/mol. The Hall–Kier alpha value is -2.78. The maximum Gasteiger partial charge on any atom is 0.242 e. The minimum atomic E-state index is -0.382. The SMILES string of the molecule is Cc1nc2c([nH]1)C1(CCN(Cc3ccccc3)CC1)C(N)=C(C#N)O2. The van der Waals surface area contributed by atoms with E-state index in [1.54, 1.807) is 0 Å². The van der Waals surface area contributed by atoms with E-state index in [0.29, 0.717) is 11.6 Å². The van der Waals surface area contributed by atoms with Crippen LogP contribution in [0.15, 0.2) is 41.8 Å². The minimum absolute atomic E-state index is 0.190. The Morgan fingerprint density at radius 1 is 1.32 bits per heavy atom. The zero-order valence-electron chi connectivity index (χ0n) is 14.2. The number of nitriles is 1. The van der Waals surface area contributed by atoms with Crippen LogP contribution >= 0.6 is 0 Å². The summed E-state index contributed by atoms with van der Waals surface area (Å²) in [7, 11) is 0. The average molecular weight is 335 g/mol. The summed E-state index contributed by atoms with van der Waals surface area (Å²) in [6.45, 7) is 4.64. The second-order valence-electron chi connectivity index (χ2n) is 6.80. The Morgan fingerprint density at radius 2 is 2.04 bits per heavy atom. The Kier molecular flexibility index (Phi) is 3.74.